The summed E-state index contributed by atoms with van der Waals surface area (Å²) in [6.45, 7) is 4.58. The third-order valence-corrected chi connectivity index (χ3v) is 11.7. The smallest absolute Gasteiger partial charge is 0.161 e. The fourth-order valence-corrected chi connectivity index (χ4v) is 8.22. The zero-order valence-electron chi connectivity index (χ0n) is 34.1. The molecule has 1 saturated carbocycles. The second-order valence-electron chi connectivity index (χ2n) is 17.2. The normalized spacial score (nSPS) is 21.8. The Hall–Kier alpha value is -0.640. The highest BCUT2D eigenvalue weighted by Gasteiger charge is 2.49. The predicted molar refractivity (Wildman–Crippen MR) is 216 cm³/mol. The van der Waals surface area contributed by atoms with E-state index in [2.05, 4.69) is 59.3 Å². The molecular weight excluding hydrogens is 599 g/mol. The monoisotopic (exact) mass is 687 g/mol. The van der Waals surface area contributed by atoms with E-state index in [4.69, 9.17) is 9.47 Å². The van der Waals surface area contributed by atoms with Crippen LogP contribution in [0.1, 0.15) is 219 Å². The second-order valence-corrected chi connectivity index (χ2v) is 17.2. The van der Waals surface area contributed by atoms with E-state index in [9.17, 15) is 0 Å². The fourth-order valence-electron chi connectivity index (χ4n) is 8.22. The molecule has 49 heavy (non-hydrogen) atoms. The van der Waals surface area contributed by atoms with Crippen LogP contribution in [-0.2, 0) is 9.47 Å². The molecule has 2 rings (SSSR count). The Balaban J connectivity index is 1.55. The lowest BCUT2D eigenvalue weighted by Gasteiger charge is -2.32. The lowest BCUT2D eigenvalue weighted by molar-refractivity contribution is -0.895. The highest BCUT2D eigenvalue weighted by molar-refractivity contribution is 4.93. The maximum atomic E-state index is 6.69. The molecule has 0 bridgehead atoms. The molecule has 0 amide bonds. The first-order valence-corrected chi connectivity index (χ1v) is 22.4. The van der Waals surface area contributed by atoms with Crippen molar-refractivity contribution in [2.24, 2.45) is 5.92 Å². The minimum absolute atomic E-state index is 0.0535. The van der Waals surface area contributed by atoms with Crippen molar-refractivity contribution in [1.29, 1.82) is 0 Å². The van der Waals surface area contributed by atoms with Crippen LogP contribution in [0, 0.1) is 5.92 Å². The van der Waals surface area contributed by atoms with Crippen LogP contribution in [0.4, 0.5) is 0 Å². The van der Waals surface area contributed by atoms with Gasteiger partial charge < -0.3 is 14.0 Å². The van der Waals surface area contributed by atoms with Gasteiger partial charge in [0.2, 0.25) is 0 Å². The SMILES string of the molecule is CCCCCC=CCC=CCCCCCCCCC(CCCCCCCCCCCCCCCCCC)C1OC2CC([N+](C)(C)C)C[C@@H]2O1. The summed E-state index contributed by atoms with van der Waals surface area (Å²) in [7, 11) is 6.98. The summed E-state index contributed by atoms with van der Waals surface area (Å²) in [6.07, 6.45) is 53.9. The summed E-state index contributed by atoms with van der Waals surface area (Å²) in [5.41, 5.74) is 0. The van der Waals surface area contributed by atoms with Gasteiger partial charge in [-0.1, -0.05) is 186 Å². The number of hydrogen-bond acceptors (Lipinski definition) is 2. The van der Waals surface area contributed by atoms with Gasteiger partial charge in [-0.05, 0) is 44.9 Å². The highest BCUT2D eigenvalue weighted by Crippen LogP contribution is 2.40. The number of rotatable bonds is 34. The molecule has 0 aromatic rings. The van der Waals surface area contributed by atoms with Crippen molar-refractivity contribution in [3.63, 3.8) is 0 Å². The van der Waals surface area contributed by atoms with Crippen LogP contribution in [-0.4, -0.2) is 50.2 Å². The van der Waals surface area contributed by atoms with Crippen LogP contribution < -0.4 is 0 Å². The molecule has 0 radical (unpaired) electrons. The van der Waals surface area contributed by atoms with Gasteiger partial charge in [0.05, 0.1) is 39.4 Å². The van der Waals surface area contributed by atoms with Crippen LogP contribution in [0.25, 0.3) is 0 Å². The van der Waals surface area contributed by atoms with Gasteiger partial charge in [0.1, 0.15) is 0 Å². The van der Waals surface area contributed by atoms with Crippen LogP contribution in [0.2, 0.25) is 0 Å². The van der Waals surface area contributed by atoms with Gasteiger partial charge in [-0.25, -0.2) is 0 Å². The molecule has 0 N–H and O–H groups in total. The van der Waals surface area contributed by atoms with Gasteiger partial charge in [-0.15, -0.1) is 0 Å². The molecule has 3 heteroatoms. The van der Waals surface area contributed by atoms with E-state index in [1.54, 1.807) is 0 Å². The molecule has 1 aliphatic heterocycles. The number of hydrogen-bond donors (Lipinski definition) is 0. The predicted octanol–water partition coefficient (Wildman–Crippen LogP) is 14.4. The van der Waals surface area contributed by atoms with Crippen molar-refractivity contribution in [3.8, 4) is 0 Å². The molecule has 1 saturated heterocycles. The summed E-state index contributed by atoms with van der Waals surface area (Å²) in [4.78, 5) is 0. The maximum absolute atomic E-state index is 6.69. The van der Waals surface area contributed by atoms with Crippen molar-refractivity contribution in [2.45, 2.75) is 244 Å². The van der Waals surface area contributed by atoms with Gasteiger partial charge in [0.15, 0.2) is 6.29 Å². The fraction of sp³-hybridized carbons (Fsp3) is 0.913. The number of quaternary nitrogens is 1. The van der Waals surface area contributed by atoms with Crippen LogP contribution >= 0.6 is 0 Å². The van der Waals surface area contributed by atoms with Gasteiger partial charge in [0.25, 0.3) is 0 Å². The quantitative estimate of drug-likeness (QED) is 0.0381. The molecule has 0 aromatic heterocycles. The first kappa shape index (κ1) is 44.5. The zero-order chi connectivity index (χ0) is 35.3. The number of fused-ring (bicyclic) bond motifs is 1. The molecule has 2 fully saturated rings. The van der Waals surface area contributed by atoms with E-state index in [0.29, 0.717) is 24.2 Å². The molecular formula is C46H88NO2+. The second kappa shape index (κ2) is 29.9. The molecule has 1 aliphatic carbocycles. The van der Waals surface area contributed by atoms with E-state index in [1.165, 1.54) is 199 Å². The summed E-state index contributed by atoms with van der Waals surface area (Å²) in [6, 6.07) is 0.669. The molecule has 5 atom stereocenters. The minimum Gasteiger partial charge on any atom is -0.346 e. The first-order valence-electron chi connectivity index (χ1n) is 22.4. The van der Waals surface area contributed by atoms with Crippen molar-refractivity contribution >= 4 is 0 Å². The topological polar surface area (TPSA) is 18.5 Å². The highest BCUT2D eigenvalue weighted by atomic mass is 16.7. The Labute approximate surface area is 308 Å². The Bertz CT molecular complexity index is 770. The minimum atomic E-state index is 0.0535. The number of allylic oxidation sites excluding steroid dienone is 4. The molecule has 2 aliphatic rings. The maximum Gasteiger partial charge on any atom is 0.161 e. The standard InChI is InChI=1S/C46H88NO2/c1-6-8-10-12-14-16-18-20-22-24-26-28-30-32-34-36-38-42(46-48-44-40-43(47(3,4)5)41-45(44)49-46)39-37-35-33-31-29-27-25-23-21-19-17-15-13-11-9-7-2/h14,16,20,22,42-46H,6-13,15,17-19,21,23-41H2,1-5H3/q+1/t42?,43?,44-,45?,46?/m0/s1. The van der Waals surface area contributed by atoms with Gasteiger partial charge in [-0.3, -0.25) is 0 Å². The Kier molecular flexibility index (Phi) is 27.2. The van der Waals surface area contributed by atoms with Crippen LogP contribution in [0.3, 0.4) is 0 Å². The molecule has 1 heterocycles. The first-order chi connectivity index (χ1) is 24.0. The van der Waals surface area contributed by atoms with Gasteiger partial charge >= 0.3 is 0 Å². The largest absolute Gasteiger partial charge is 0.346 e. The summed E-state index contributed by atoms with van der Waals surface area (Å²) in [5, 5.41) is 0. The molecule has 4 unspecified atom stereocenters. The van der Waals surface area contributed by atoms with Crippen molar-refractivity contribution in [1.82, 2.24) is 0 Å². The van der Waals surface area contributed by atoms with Crippen molar-refractivity contribution in [3.05, 3.63) is 24.3 Å². The van der Waals surface area contributed by atoms with Crippen molar-refractivity contribution < 1.29 is 14.0 Å². The summed E-state index contributed by atoms with van der Waals surface area (Å²) < 4.78 is 14.4. The van der Waals surface area contributed by atoms with Gasteiger partial charge in [0, 0.05) is 18.8 Å². The van der Waals surface area contributed by atoms with Crippen LogP contribution in [0.5, 0.6) is 0 Å². The lowest BCUT2D eigenvalue weighted by Crippen LogP contribution is -2.44. The Morgan fingerprint density at radius 1 is 0.469 bits per heavy atom. The molecule has 288 valence electrons. The average Bonchev–Trinajstić information content (AvgIpc) is 3.67. The van der Waals surface area contributed by atoms with E-state index in [0.717, 1.165) is 10.9 Å². The third kappa shape index (κ3) is 22.8. The van der Waals surface area contributed by atoms with E-state index < -0.39 is 0 Å². The lowest BCUT2D eigenvalue weighted by atomic mass is 9.93. The van der Waals surface area contributed by atoms with E-state index in [-0.39, 0.29) is 6.29 Å². The number of nitrogens with zero attached hydrogens (tertiary/aromatic N) is 1. The summed E-state index contributed by atoms with van der Waals surface area (Å²) >= 11 is 0. The molecule has 0 aromatic carbocycles. The Morgan fingerprint density at radius 2 is 0.816 bits per heavy atom. The van der Waals surface area contributed by atoms with Crippen LogP contribution in [0.15, 0.2) is 24.3 Å². The summed E-state index contributed by atoms with van der Waals surface area (Å²) in [5.74, 6) is 0.589. The van der Waals surface area contributed by atoms with E-state index >= 15 is 0 Å². The zero-order valence-corrected chi connectivity index (χ0v) is 34.1. The molecule has 3 nitrogen and oxygen atoms in total. The van der Waals surface area contributed by atoms with E-state index in [1.807, 2.05) is 0 Å². The average molecular weight is 687 g/mol. The Morgan fingerprint density at radius 3 is 1.22 bits per heavy atom. The molecule has 0 spiro atoms. The van der Waals surface area contributed by atoms with Crippen molar-refractivity contribution in [2.75, 3.05) is 21.1 Å². The number of unbranched alkanes of at least 4 members (excludes halogenated alkanes) is 24. The third-order valence-electron chi connectivity index (χ3n) is 11.7. The van der Waals surface area contributed by atoms with Gasteiger partial charge in [-0.2, -0.15) is 0 Å². The number of ether oxygens (including phenoxy) is 2.